The molecule has 0 saturated carbocycles. The fourth-order valence-corrected chi connectivity index (χ4v) is 2.55. The molecule has 0 aromatic heterocycles. The average Bonchev–Trinajstić information content (AvgIpc) is 2.68. The summed E-state index contributed by atoms with van der Waals surface area (Å²) in [5.41, 5.74) is 3.85. The molecular formula is C20H18N2O3. The Morgan fingerprint density at radius 3 is 2.44 bits per heavy atom. The van der Waals surface area contributed by atoms with Gasteiger partial charge in [0.15, 0.2) is 0 Å². The number of fused-ring (bicyclic) bond motifs is 1. The maximum atomic E-state index is 12.2. The molecule has 0 heterocycles. The van der Waals surface area contributed by atoms with Gasteiger partial charge in [-0.25, -0.2) is 5.43 Å². The minimum absolute atomic E-state index is 0.293. The van der Waals surface area contributed by atoms with Crippen LogP contribution in [0.15, 0.2) is 65.8 Å². The van der Waals surface area contributed by atoms with E-state index in [-0.39, 0.29) is 5.91 Å². The van der Waals surface area contributed by atoms with Crippen LogP contribution in [0.3, 0.4) is 0 Å². The number of hydrazone groups is 1. The largest absolute Gasteiger partial charge is 0.497 e. The van der Waals surface area contributed by atoms with E-state index in [0.717, 1.165) is 16.3 Å². The van der Waals surface area contributed by atoms with E-state index < -0.39 is 0 Å². The lowest BCUT2D eigenvalue weighted by molar-refractivity contribution is 0.0955. The Morgan fingerprint density at radius 1 is 0.960 bits per heavy atom. The summed E-state index contributed by atoms with van der Waals surface area (Å²) in [6, 6.07) is 18.6. The molecule has 0 atom stereocenters. The first-order valence-corrected chi connectivity index (χ1v) is 7.76. The zero-order valence-electron chi connectivity index (χ0n) is 14.0. The van der Waals surface area contributed by atoms with Gasteiger partial charge in [0.25, 0.3) is 5.91 Å². The number of hydrogen-bond acceptors (Lipinski definition) is 4. The Morgan fingerprint density at radius 2 is 1.72 bits per heavy atom. The van der Waals surface area contributed by atoms with E-state index in [2.05, 4.69) is 10.5 Å². The van der Waals surface area contributed by atoms with Crippen molar-refractivity contribution in [3.63, 3.8) is 0 Å². The Labute approximate surface area is 145 Å². The number of benzene rings is 3. The first-order chi connectivity index (χ1) is 12.2. The number of amides is 1. The van der Waals surface area contributed by atoms with Crippen LogP contribution in [0.1, 0.15) is 15.9 Å². The lowest BCUT2D eigenvalue weighted by Crippen LogP contribution is -2.17. The number of carbonyl (C=O) groups excluding carboxylic acids is 1. The maximum Gasteiger partial charge on any atom is 0.271 e. The van der Waals surface area contributed by atoms with Crippen molar-refractivity contribution < 1.29 is 14.3 Å². The third kappa shape index (κ3) is 3.61. The second kappa shape index (κ2) is 7.49. The summed E-state index contributed by atoms with van der Waals surface area (Å²) in [6.07, 6.45) is 1.60. The first-order valence-electron chi connectivity index (χ1n) is 7.76. The molecule has 3 aromatic carbocycles. The van der Waals surface area contributed by atoms with Gasteiger partial charge in [0.1, 0.15) is 11.5 Å². The summed E-state index contributed by atoms with van der Waals surface area (Å²) < 4.78 is 10.5. The molecule has 0 radical (unpaired) electrons. The monoisotopic (exact) mass is 334 g/mol. The molecule has 0 aliphatic heterocycles. The minimum atomic E-state index is -0.293. The van der Waals surface area contributed by atoms with Gasteiger partial charge >= 0.3 is 0 Å². The Kier molecular flexibility index (Phi) is 4.95. The van der Waals surface area contributed by atoms with Crippen molar-refractivity contribution in [3.05, 3.63) is 71.8 Å². The van der Waals surface area contributed by atoms with Gasteiger partial charge in [0.05, 0.1) is 20.4 Å². The van der Waals surface area contributed by atoms with Gasteiger partial charge in [-0.3, -0.25) is 4.79 Å². The molecule has 0 saturated heterocycles. The molecule has 0 spiro atoms. The molecule has 0 aliphatic rings. The molecule has 1 N–H and O–H groups in total. The van der Waals surface area contributed by atoms with Crippen LogP contribution in [0.25, 0.3) is 10.8 Å². The molecule has 25 heavy (non-hydrogen) atoms. The summed E-state index contributed by atoms with van der Waals surface area (Å²) >= 11 is 0. The lowest BCUT2D eigenvalue weighted by atomic mass is 10.0. The fourth-order valence-electron chi connectivity index (χ4n) is 2.55. The molecule has 1 amide bonds. The van der Waals surface area contributed by atoms with Crippen molar-refractivity contribution in [3.8, 4) is 11.5 Å². The number of methoxy groups -OCH3 is 2. The number of ether oxygens (including phenoxy) is 2. The standard InChI is InChI=1S/C20H18N2O3/c1-24-16-10-7-15(8-11-16)20(23)22-21-13-18-17-6-4-3-5-14(17)9-12-19(18)25-2/h3-13H,1-2H3,(H,22,23). The molecule has 0 fully saturated rings. The van der Waals surface area contributed by atoms with Gasteiger partial charge in [-0.15, -0.1) is 0 Å². The molecule has 5 nitrogen and oxygen atoms in total. The SMILES string of the molecule is COc1ccc(C(=O)NN=Cc2c(OC)ccc3ccccc23)cc1. The van der Waals surface area contributed by atoms with Crippen LogP contribution < -0.4 is 14.9 Å². The molecule has 0 aliphatic carbocycles. The van der Waals surface area contributed by atoms with Crippen LogP contribution in [0, 0.1) is 0 Å². The Hall–Kier alpha value is -3.34. The van der Waals surface area contributed by atoms with Crippen molar-refractivity contribution in [1.82, 2.24) is 5.43 Å². The van der Waals surface area contributed by atoms with E-state index in [1.165, 1.54) is 0 Å². The minimum Gasteiger partial charge on any atom is -0.497 e. The van der Waals surface area contributed by atoms with E-state index in [9.17, 15) is 4.79 Å². The normalized spacial score (nSPS) is 10.8. The number of rotatable bonds is 5. The van der Waals surface area contributed by atoms with Crippen molar-refractivity contribution in [2.75, 3.05) is 14.2 Å². The highest BCUT2D eigenvalue weighted by Crippen LogP contribution is 2.26. The molecule has 5 heteroatoms. The van der Waals surface area contributed by atoms with Crippen molar-refractivity contribution in [2.24, 2.45) is 5.10 Å². The first kappa shape index (κ1) is 16.5. The van der Waals surface area contributed by atoms with Crippen LogP contribution in [0.2, 0.25) is 0 Å². The topological polar surface area (TPSA) is 59.9 Å². The zero-order chi connectivity index (χ0) is 17.6. The van der Waals surface area contributed by atoms with Gasteiger partial charge in [0, 0.05) is 11.1 Å². The summed E-state index contributed by atoms with van der Waals surface area (Å²) in [5, 5.41) is 6.16. The van der Waals surface area contributed by atoms with E-state index in [0.29, 0.717) is 17.1 Å². The predicted octanol–water partition coefficient (Wildman–Crippen LogP) is 3.62. The Bertz CT molecular complexity index is 918. The highest BCUT2D eigenvalue weighted by molar-refractivity contribution is 6.03. The van der Waals surface area contributed by atoms with Gasteiger partial charge in [-0.05, 0) is 41.1 Å². The van der Waals surface area contributed by atoms with E-state index in [1.807, 2.05) is 36.4 Å². The zero-order valence-corrected chi connectivity index (χ0v) is 14.0. The van der Waals surface area contributed by atoms with Gasteiger partial charge in [-0.2, -0.15) is 5.10 Å². The Balaban J connectivity index is 1.81. The summed E-state index contributed by atoms with van der Waals surface area (Å²) in [5.74, 6) is 1.10. The average molecular weight is 334 g/mol. The van der Waals surface area contributed by atoms with Gasteiger partial charge in [-0.1, -0.05) is 30.3 Å². The summed E-state index contributed by atoms with van der Waals surface area (Å²) in [7, 11) is 3.19. The van der Waals surface area contributed by atoms with Crippen molar-refractivity contribution in [1.29, 1.82) is 0 Å². The fraction of sp³-hybridized carbons (Fsp3) is 0.100. The van der Waals surface area contributed by atoms with Crippen molar-refractivity contribution >= 4 is 22.9 Å². The predicted molar refractivity (Wildman–Crippen MR) is 98.6 cm³/mol. The third-order valence-corrected chi connectivity index (χ3v) is 3.86. The lowest BCUT2D eigenvalue weighted by Gasteiger charge is -2.08. The smallest absolute Gasteiger partial charge is 0.271 e. The van der Waals surface area contributed by atoms with E-state index in [4.69, 9.17) is 9.47 Å². The molecule has 0 unspecified atom stereocenters. The van der Waals surface area contributed by atoms with Crippen LogP contribution >= 0.6 is 0 Å². The number of hydrogen-bond donors (Lipinski definition) is 1. The number of nitrogens with one attached hydrogen (secondary N) is 1. The van der Waals surface area contributed by atoms with Gasteiger partial charge in [0.2, 0.25) is 0 Å². The quantitative estimate of drug-likeness (QED) is 0.573. The van der Waals surface area contributed by atoms with Crippen molar-refractivity contribution in [2.45, 2.75) is 0 Å². The number of nitrogens with zero attached hydrogens (tertiary/aromatic N) is 1. The molecule has 0 bridgehead atoms. The summed E-state index contributed by atoms with van der Waals surface area (Å²) in [4.78, 5) is 12.2. The van der Waals surface area contributed by atoms with E-state index >= 15 is 0 Å². The highest BCUT2D eigenvalue weighted by Gasteiger charge is 2.07. The second-order valence-electron chi connectivity index (χ2n) is 5.33. The van der Waals surface area contributed by atoms with Crippen LogP contribution in [0.4, 0.5) is 0 Å². The highest BCUT2D eigenvalue weighted by atomic mass is 16.5. The summed E-state index contributed by atoms with van der Waals surface area (Å²) in [6.45, 7) is 0. The van der Waals surface area contributed by atoms with Gasteiger partial charge < -0.3 is 9.47 Å². The maximum absolute atomic E-state index is 12.2. The van der Waals surface area contributed by atoms with Crippen LogP contribution in [0.5, 0.6) is 11.5 Å². The van der Waals surface area contributed by atoms with E-state index in [1.54, 1.807) is 44.7 Å². The molecule has 126 valence electrons. The molecular weight excluding hydrogens is 316 g/mol. The second-order valence-corrected chi connectivity index (χ2v) is 5.33. The third-order valence-electron chi connectivity index (χ3n) is 3.86. The number of carbonyl (C=O) groups is 1. The molecule has 3 aromatic rings. The molecule has 3 rings (SSSR count). The van der Waals surface area contributed by atoms with Crippen LogP contribution in [-0.4, -0.2) is 26.3 Å². The van der Waals surface area contributed by atoms with Crippen LogP contribution in [-0.2, 0) is 0 Å².